The van der Waals surface area contributed by atoms with Crippen molar-refractivity contribution in [3.05, 3.63) is 52.0 Å². The lowest BCUT2D eigenvalue weighted by atomic mass is 10.1. The van der Waals surface area contributed by atoms with Crippen molar-refractivity contribution in [1.82, 2.24) is 4.98 Å². The Morgan fingerprint density at radius 1 is 1.26 bits per heavy atom. The zero-order valence-corrected chi connectivity index (χ0v) is 14.5. The second kappa shape index (κ2) is 6.18. The highest BCUT2D eigenvalue weighted by atomic mass is 35.5. The van der Waals surface area contributed by atoms with Crippen molar-refractivity contribution < 1.29 is 9.53 Å². The van der Waals surface area contributed by atoms with Gasteiger partial charge < -0.3 is 4.74 Å². The summed E-state index contributed by atoms with van der Waals surface area (Å²) in [4.78, 5) is 16.9. The fourth-order valence-corrected chi connectivity index (χ4v) is 3.47. The summed E-state index contributed by atoms with van der Waals surface area (Å²) < 4.78 is 6.31. The van der Waals surface area contributed by atoms with Gasteiger partial charge in [0.2, 0.25) is 0 Å². The Kier molecular flexibility index (Phi) is 4.24. The van der Waals surface area contributed by atoms with Gasteiger partial charge in [-0.3, -0.25) is 10.1 Å². The van der Waals surface area contributed by atoms with Crippen LogP contribution < -0.4 is 10.1 Å². The van der Waals surface area contributed by atoms with E-state index >= 15 is 0 Å². The van der Waals surface area contributed by atoms with Crippen LogP contribution in [0.1, 0.15) is 21.5 Å². The average Bonchev–Trinajstić information content (AvgIpc) is 2.88. The Bertz CT molecular complexity index is 866. The zero-order valence-electron chi connectivity index (χ0n) is 12.9. The fraction of sp³-hybridized carbons (Fsp3) is 0.176. The Hall–Kier alpha value is -2.11. The third kappa shape index (κ3) is 3.02. The molecule has 0 aliphatic rings. The van der Waals surface area contributed by atoms with E-state index in [0.717, 1.165) is 21.3 Å². The lowest BCUT2D eigenvalue weighted by Crippen LogP contribution is -2.13. The van der Waals surface area contributed by atoms with E-state index in [-0.39, 0.29) is 5.91 Å². The number of carbonyl (C=O) groups is 1. The summed E-state index contributed by atoms with van der Waals surface area (Å²) in [5, 5.41) is 4.04. The van der Waals surface area contributed by atoms with Crippen LogP contribution in [0.4, 0.5) is 5.13 Å². The lowest BCUT2D eigenvalue weighted by molar-refractivity contribution is 0.102. The molecule has 0 fully saturated rings. The summed E-state index contributed by atoms with van der Waals surface area (Å²) in [6.07, 6.45) is 0. The molecule has 4 nitrogen and oxygen atoms in total. The van der Waals surface area contributed by atoms with Crippen LogP contribution in [-0.2, 0) is 0 Å². The summed E-state index contributed by atoms with van der Waals surface area (Å²) in [6, 6.07) is 9.24. The van der Waals surface area contributed by atoms with Gasteiger partial charge in [-0.1, -0.05) is 35.1 Å². The second-order valence-corrected chi connectivity index (χ2v) is 6.64. The summed E-state index contributed by atoms with van der Waals surface area (Å²) in [5.74, 6) is 0.331. The minimum absolute atomic E-state index is 0.243. The van der Waals surface area contributed by atoms with Crippen LogP contribution in [-0.4, -0.2) is 18.0 Å². The van der Waals surface area contributed by atoms with Gasteiger partial charge in [0.05, 0.1) is 22.9 Å². The topological polar surface area (TPSA) is 51.2 Å². The smallest absolute Gasteiger partial charge is 0.261 e. The molecular formula is C17H15ClN2O2S. The second-order valence-electron chi connectivity index (χ2n) is 5.20. The number of hydrogen-bond acceptors (Lipinski definition) is 4. The molecule has 0 unspecified atom stereocenters. The van der Waals surface area contributed by atoms with Crippen LogP contribution >= 0.6 is 22.9 Å². The predicted molar refractivity (Wildman–Crippen MR) is 95.1 cm³/mol. The van der Waals surface area contributed by atoms with Gasteiger partial charge in [-0.15, -0.1) is 0 Å². The molecule has 0 aliphatic heterocycles. The Morgan fingerprint density at radius 3 is 2.78 bits per heavy atom. The van der Waals surface area contributed by atoms with E-state index in [2.05, 4.69) is 10.3 Å². The molecule has 0 aliphatic carbocycles. The van der Waals surface area contributed by atoms with Crippen molar-refractivity contribution in [3.8, 4) is 5.75 Å². The summed E-state index contributed by atoms with van der Waals surface area (Å²) in [7, 11) is 1.56. The first-order valence-electron chi connectivity index (χ1n) is 7.01. The fourth-order valence-electron chi connectivity index (χ4n) is 2.37. The minimum Gasteiger partial charge on any atom is -0.496 e. The zero-order chi connectivity index (χ0) is 16.6. The summed E-state index contributed by atoms with van der Waals surface area (Å²) in [6.45, 7) is 3.84. The number of anilines is 1. The molecule has 0 atom stereocenters. The molecule has 3 rings (SSSR count). The normalized spacial score (nSPS) is 10.8. The van der Waals surface area contributed by atoms with E-state index in [9.17, 15) is 4.79 Å². The number of halogens is 1. The van der Waals surface area contributed by atoms with Gasteiger partial charge in [-0.2, -0.15) is 0 Å². The molecule has 0 bridgehead atoms. The monoisotopic (exact) mass is 346 g/mol. The number of para-hydroxylation sites is 1. The van der Waals surface area contributed by atoms with Gasteiger partial charge in [0.15, 0.2) is 5.13 Å². The van der Waals surface area contributed by atoms with E-state index in [1.807, 2.05) is 38.1 Å². The van der Waals surface area contributed by atoms with Crippen LogP contribution in [0.5, 0.6) is 5.75 Å². The molecule has 0 spiro atoms. The maximum Gasteiger partial charge on any atom is 0.261 e. The van der Waals surface area contributed by atoms with Crippen molar-refractivity contribution in [2.45, 2.75) is 13.8 Å². The molecule has 1 N–H and O–H groups in total. The molecule has 2 aromatic carbocycles. The first-order valence-corrected chi connectivity index (χ1v) is 8.20. The number of thiazole rings is 1. The average molecular weight is 347 g/mol. The van der Waals surface area contributed by atoms with Crippen LogP contribution in [0.2, 0.25) is 5.02 Å². The Morgan fingerprint density at radius 2 is 2.04 bits per heavy atom. The van der Waals surface area contributed by atoms with Crippen molar-refractivity contribution in [3.63, 3.8) is 0 Å². The summed E-state index contributed by atoms with van der Waals surface area (Å²) >= 11 is 7.53. The van der Waals surface area contributed by atoms with Crippen molar-refractivity contribution in [2.75, 3.05) is 12.4 Å². The number of fused-ring (bicyclic) bond motifs is 1. The SMILES string of the molecule is COc1c(C)cccc1C(=O)Nc1nc2cc(Cl)c(C)cc2s1. The van der Waals surface area contributed by atoms with Crippen LogP contribution in [0.25, 0.3) is 10.2 Å². The number of hydrogen-bond donors (Lipinski definition) is 1. The molecular weight excluding hydrogens is 332 g/mol. The van der Waals surface area contributed by atoms with Gasteiger partial charge in [0, 0.05) is 5.02 Å². The number of nitrogens with zero attached hydrogens (tertiary/aromatic N) is 1. The molecule has 1 heterocycles. The summed E-state index contributed by atoms with van der Waals surface area (Å²) in [5.41, 5.74) is 3.16. The van der Waals surface area contributed by atoms with Crippen LogP contribution in [0.15, 0.2) is 30.3 Å². The van der Waals surface area contributed by atoms with Gasteiger partial charge in [-0.25, -0.2) is 4.98 Å². The number of carbonyl (C=O) groups excluding carboxylic acids is 1. The highest BCUT2D eigenvalue weighted by Gasteiger charge is 2.16. The molecule has 0 radical (unpaired) electrons. The van der Waals surface area contributed by atoms with Gasteiger partial charge in [-0.05, 0) is 43.2 Å². The molecule has 0 saturated carbocycles. The maximum absolute atomic E-state index is 12.5. The Labute approximate surface area is 143 Å². The predicted octanol–water partition coefficient (Wildman–Crippen LogP) is 4.83. The van der Waals surface area contributed by atoms with E-state index in [1.54, 1.807) is 13.2 Å². The van der Waals surface area contributed by atoms with Gasteiger partial charge >= 0.3 is 0 Å². The number of methoxy groups -OCH3 is 1. The number of amides is 1. The molecule has 1 aromatic heterocycles. The number of nitrogens with one attached hydrogen (secondary N) is 1. The highest BCUT2D eigenvalue weighted by Crippen LogP contribution is 2.31. The minimum atomic E-state index is -0.243. The number of benzene rings is 2. The van der Waals surface area contributed by atoms with E-state index in [1.165, 1.54) is 11.3 Å². The van der Waals surface area contributed by atoms with Crippen LogP contribution in [0, 0.1) is 13.8 Å². The first-order chi connectivity index (χ1) is 11.0. The molecule has 23 heavy (non-hydrogen) atoms. The molecule has 118 valence electrons. The van der Waals surface area contributed by atoms with Crippen LogP contribution in [0.3, 0.4) is 0 Å². The van der Waals surface area contributed by atoms with Gasteiger partial charge in [0.25, 0.3) is 5.91 Å². The molecule has 6 heteroatoms. The third-order valence-corrected chi connectivity index (χ3v) is 4.89. The van der Waals surface area contributed by atoms with E-state index in [4.69, 9.17) is 16.3 Å². The maximum atomic E-state index is 12.5. The van der Waals surface area contributed by atoms with E-state index in [0.29, 0.717) is 21.5 Å². The quantitative estimate of drug-likeness (QED) is 0.739. The van der Waals surface area contributed by atoms with Crippen molar-refractivity contribution in [1.29, 1.82) is 0 Å². The number of rotatable bonds is 3. The Balaban J connectivity index is 1.93. The van der Waals surface area contributed by atoms with Crippen molar-refractivity contribution >= 4 is 44.2 Å². The third-order valence-electron chi connectivity index (χ3n) is 3.55. The number of aryl methyl sites for hydroxylation is 2. The molecule has 1 amide bonds. The van der Waals surface area contributed by atoms with Gasteiger partial charge in [0.1, 0.15) is 5.75 Å². The first kappa shape index (κ1) is 15.8. The standard InChI is InChI=1S/C17H15ClN2O2S/c1-9-5-4-6-11(15(9)22-3)16(21)20-17-19-13-8-12(18)10(2)7-14(13)23-17/h4-8H,1-3H3,(H,19,20,21). The number of aromatic nitrogens is 1. The lowest BCUT2D eigenvalue weighted by Gasteiger charge is -2.10. The molecule has 0 saturated heterocycles. The van der Waals surface area contributed by atoms with E-state index < -0.39 is 0 Å². The number of ether oxygens (including phenoxy) is 1. The highest BCUT2D eigenvalue weighted by molar-refractivity contribution is 7.22. The van der Waals surface area contributed by atoms with Crippen molar-refractivity contribution in [2.24, 2.45) is 0 Å². The molecule has 3 aromatic rings. The largest absolute Gasteiger partial charge is 0.496 e.